The van der Waals surface area contributed by atoms with E-state index in [0.29, 0.717) is 0 Å². The number of Topliss-reactive ketones (excluding diaryl/α,β-unsaturated/α-hetero) is 1. The van der Waals surface area contributed by atoms with Crippen molar-refractivity contribution in [3.63, 3.8) is 0 Å². The Labute approximate surface area is 112 Å². The number of halogens is 3. The van der Waals surface area contributed by atoms with Crippen LogP contribution in [0.3, 0.4) is 0 Å². The van der Waals surface area contributed by atoms with Crippen LogP contribution in [0.15, 0.2) is 40.1 Å². The number of rotatable bonds is 4. The van der Waals surface area contributed by atoms with E-state index in [1.807, 2.05) is 0 Å². The lowest BCUT2D eigenvalue weighted by molar-refractivity contribution is -0.0887. The zero-order valence-electron chi connectivity index (χ0n) is 9.75. The van der Waals surface area contributed by atoms with Crippen LogP contribution in [0.25, 0.3) is 0 Å². The Balaban J connectivity index is 3.30. The van der Waals surface area contributed by atoms with Crippen molar-refractivity contribution in [2.45, 2.75) is 6.18 Å². The number of carbonyl (C=O) groups excluding carboxylic acids is 1. The van der Waals surface area contributed by atoms with E-state index in [1.54, 1.807) is 18.2 Å². The summed E-state index contributed by atoms with van der Waals surface area (Å²) in [6.07, 6.45) is -1.60. The quantitative estimate of drug-likeness (QED) is 0.606. The van der Waals surface area contributed by atoms with E-state index in [0.717, 1.165) is 23.5 Å². The molecule has 0 N–H and O–H groups in total. The van der Waals surface area contributed by atoms with E-state index in [4.69, 9.17) is 0 Å². The standard InChI is InChI=1S/C12H11F3OS2/c1-17-11(18-2)9(12(13,14)15)10(16)8-6-4-3-5-7-8/h3-7H,1-2H3. The molecule has 0 fully saturated rings. The topological polar surface area (TPSA) is 17.1 Å². The molecule has 0 saturated heterocycles. The summed E-state index contributed by atoms with van der Waals surface area (Å²) in [5.74, 6) is -0.984. The fourth-order valence-electron chi connectivity index (χ4n) is 1.36. The number of benzene rings is 1. The summed E-state index contributed by atoms with van der Waals surface area (Å²) >= 11 is 1.86. The van der Waals surface area contributed by atoms with Crippen LogP contribution in [0.1, 0.15) is 10.4 Å². The van der Waals surface area contributed by atoms with Gasteiger partial charge in [-0.2, -0.15) is 13.2 Å². The molecule has 0 aliphatic rings. The minimum absolute atomic E-state index is 0.0173. The van der Waals surface area contributed by atoms with Crippen molar-refractivity contribution >= 4 is 29.3 Å². The minimum atomic E-state index is -4.64. The Morgan fingerprint density at radius 1 is 1.06 bits per heavy atom. The highest BCUT2D eigenvalue weighted by atomic mass is 32.2. The molecule has 0 heterocycles. The molecule has 1 nitrogen and oxygen atoms in total. The maximum Gasteiger partial charge on any atom is 0.421 e. The van der Waals surface area contributed by atoms with Gasteiger partial charge in [0.1, 0.15) is 5.57 Å². The van der Waals surface area contributed by atoms with Gasteiger partial charge in [0.2, 0.25) is 0 Å². The molecule has 0 radical (unpaired) electrons. The first-order valence-electron chi connectivity index (χ1n) is 4.91. The van der Waals surface area contributed by atoms with Crippen molar-refractivity contribution < 1.29 is 18.0 Å². The van der Waals surface area contributed by atoms with E-state index in [-0.39, 0.29) is 9.80 Å². The van der Waals surface area contributed by atoms with Crippen molar-refractivity contribution in [2.75, 3.05) is 12.5 Å². The largest absolute Gasteiger partial charge is 0.421 e. The summed E-state index contributed by atoms with van der Waals surface area (Å²) in [4.78, 5) is 11.9. The predicted molar refractivity (Wildman–Crippen MR) is 70.9 cm³/mol. The average molecular weight is 292 g/mol. The molecular formula is C12H11F3OS2. The predicted octanol–water partition coefficient (Wildman–Crippen LogP) is 4.37. The van der Waals surface area contributed by atoms with Crippen molar-refractivity contribution in [2.24, 2.45) is 0 Å². The van der Waals surface area contributed by atoms with E-state index >= 15 is 0 Å². The van der Waals surface area contributed by atoms with Gasteiger partial charge in [0.25, 0.3) is 0 Å². The van der Waals surface area contributed by atoms with Crippen molar-refractivity contribution in [3.05, 3.63) is 45.7 Å². The first-order chi connectivity index (χ1) is 8.41. The Bertz CT molecular complexity index is 446. The lowest BCUT2D eigenvalue weighted by Gasteiger charge is -2.14. The second-order valence-corrected chi connectivity index (χ2v) is 5.16. The van der Waals surface area contributed by atoms with Crippen LogP contribution in [0.4, 0.5) is 13.2 Å². The second-order valence-electron chi connectivity index (χ2n) is 3.26. The summed E-state index contributed by atoms with van der Waals surface area (Å²) in [6.45, 7) is 0. The third-order valence-corrected chi connectivity index (χ3v) is 4.27. The molecule has 0 saturated carbocycles. The molecule has 0 unspecified atom stereocenters. The van der Waals surface area contributed by atoms with Crippen molar-refractivity contribution in [3.8, 4) is 0 Å². The molecule has 0 aliphatic heterocycles. The zero-order chi connectivity index (χ0) is 13.8. The number of ketones is 1. The summed E-state index contributed by atoms with van der Waals surface area (Å²) in [5.41, 5.74) is -1.04. The molecule has 98 valence electrons. The molecule has 6 heteroatoms. The van der Waals surface area contributed by atoms with Gasteiger partial charge in [-0.3, -0.25) is 4.79 Å². The molecule has 0 amide bonds. The summed E-state index contributed by atoms with van der Waals surface area (Å²) in [6, 6.07) is 7.49. The van der Waals surface area contributed by atoms with Crippen molar-refractivity contribution in [1.29, 1.82) is 0 Å². The van der Waals surface area contributed by atoms with Crippen LogP contribution < -0.4 is 0 Å². The van der Waals surface area contributed by atoms with Crippen LogP contribution in [0.2, 0.25) is 0 Å². The molecule has 0 bridgehead atoms. The summed E-state index contributed by atoms with van der Waals surface area (Å²) in [7, 11) is 0. The SMILES string of the molecule is CSC(SC)=C(C(=O)c1ccccc1)C(F)(F)F. The van der Waals surface area contributed by atoms with Crippen LogP contribution in [-0.4, -0.2) is 24.5 Å². The van der Waals surface area contributed by atoms with E-state index < -0.39 is 17.5 Å². The second kappa shape index (κ2) is 6.33. The van der Waals surface area contributed by atoms with Gasteiger partial charge in [0.05, 0.1) is 4.24 Å². The number of allylic oxidation sites excluding steroid dienone is 1. The highest BCUT2D eigenvalue weighted by Crippen LogP contribution is 2.38. The van der Waals surface area contributed by atoms with Gasteiger partial charge in [0, 0.05) is 5.56 Å². The van der Waals surface area contributed by atoms with Crippen LogP contribution in [0, 0.1) is 0 Å². The average Bonchev–Trinajstić information content (AvgIpc) is 2.34. The maximum absolute atomic E-state index is 13.0. The van der Waals surface area contributed by atoms with E-state index in [9.17, 15) is 18.0 Å². The highest BCUT2D eigenvalue weighted by molar-refractivity contribution is 8.21. The Morgan fingerprint density at radius 2 is 1.56 bits per heavy atom. The van der Waals surface area contributed by atoms with Crippen LogP contribution >= 0.6 is 23.5 Å². The lowest BCUT2D eigenvalue weighted by Crippen LogP contribution is -2.21. The smallest absolute Gasteiger partial charge is 0.289 e. The normalized spacial score (nSPS) is 11.2. The van der Waals surface area contributed by atoms with Gasteiger partial charge in [0.15, 0.2) is 5.78 Å². The van der Waals surface area contributed by atoms with Crippen LogP contribution in [-0.2, 0) is 0 Å². The third kappa shape index (κ3) is 3.55. The summed E-state index contributed by atoms with van der Waals surface area (Å²) in [5, 5.41) is 0. The number of alkyl halides is 3. The van der Waals surface area contributed by atoms with Gasteiger partial charge in [-0.05, 0) is 12.5 Å². The Kier molecular flexibility index (Phi) is 5.34. The highest BCUT2D eigenvalue weighted by Gasteiger charge is 2.41. The minimum Gasteiger partial charge on any atom is -0.289 e. The molecular weight excluding hydrogens is 281 g/mol. The third-order valence-electron chi connectivity index (χ3n) is 2.12. The van der Waals surface area contributed by atoms with Gasteiger partial charge >= 0.3 is 6.18 Å². The lowest BCUT2D eigenvalue weighted by atomic mass is 10.0. The van der Waals surface area contributed by atoms with E-state index in [2.05, 4.69) is 0 Å². The number of carbonyl (C=O) groups is 1. The first kappa shape index (κ1) is 15.2. The first-order valence-corrected chi connectivity index (χ1v) is 7.36. The van der Waals surface area contributed by atoms with Crippen LogP contribution in [0.5, 0.6) is 0 Å². The summed E-state index contributed by atoms with van der Waals surface area (Å²) < 4.78 is 38.9. The number of thioether (sulfide) groups is 2. The number of hydrogen-bond donors (Lipinski definition) is 0. The van der Waals surface area contributed by atoms with Gasteiger partial charge < -0.3 is 0 Å². The van der Waals surface area contributed by atoms with Gasteiger partial charge in [-0.25, -0.2) is 0 Å². The molecule has 0 spiro atoms. The Morgan fingerprint density at radius 3 is 1.94 bits per heavy atom. The molecule has 18 heavy (non-hydrogen) atoms. The molecule has 1 aromatic carbocycles. The fraction of sp³-hybridized carbons (Fsp3) is 0.250. The molecule has 0 atom stereocenters. The molecule has 0 aliphatic carbocycles. The molecule has 1 aromatic rings. The fourth-order valence-corrected chi connectivity index (χ4v) is 2.85. The van der Waals surface area contributed by atoms with Gasteiger partial charge in [-0.15, -0.1) is 23.5 Å². The number of hydrogen-bond acceptors (Lipinski definition) is 3. The zero-order valence-corrected chi connectivity index (χ0v) is 11.4. The molecule has 0 aromatic heterocycles. The maximum atomic E-state index is 13.0. The van der Waals surface area contributed by atoms with Crippen molar-refractivity contribution in [1.82, 2.24) is 0 Å². The molecule has 1 rings (SSSR count). The Hall–Kier alpha value is -0.880. The van der Waals surface area contributed by atoms with Gasteiger partial charge in [-0.1, -0.05) is 30.3 Å². The van der Waals surface area contributed by atoms with E-state index in [1.165, 1.54) is 24.6 Å². The monoisotopic (exact) mass is 292 g/mol.